The molecule has 0 atom stereocenters. The van der Waals surface area contributed by atoms with Crippen molar-refractivity contribution >= 4 is 28.9 Å². The van der Waals surface area contributed by atoms with Crippen molar-refractivity contribution in [2.24, 2.45) is 0 Å². The normalized spacial score (nSPS) is 10.2. The Morgan fingerprint density at radius 1 is 1.04 bits per heavy atom. The largest absolute Gasteiger partial charge is 0.376 e. The highest BCUT2D eigenvalue weighted by Gasteiger charge is 2.07. The fourth-order valence-electron chi connectivity index (χ4n) is 2.34. The summed E-state index contributed by atoms with van der Waals surface area (Å²) in [5.41, 5.74) is 4.74. The molecular weight excluding hydrogens is 302 g/mol. The molecule has 0 aliphatic rings. The van der Waals surface area contributed by atoms with Crippen LogP contribution in [0, 0.1) is 13.8 Å². The average molecular weight is 325 g/mol. The van der Waals surface area contributed by atoms with E-state index in [1.807, 2.05) is 26.0 Å². The molecule has 24 heavy (non-hydrogen) atoms. The zero-order chi connectivity index (χ0) is 17.7. The molecule has 0 radical (unpaired) electrons. The lowest BCUT2D eigenvalue weighted by Gasteiger charge is -2.15. The first-order valence-corrected chi connectivity index (χ1v) is 7.82. The zero-order valence-electron chi connectivity index (χ0n) is 14.5. The smallest absolute Gasteiger partial charge is 0.243 e. The van der Waals surface area contributed by atoms with Gasteiger partial charge in [0.2, 0.25) is 11.8 Å². The monoisotopic (exact) mass is 325 g/mol. The van der Waals surface area contributed by atoms with E-state index >= 15 is 0 Å². The molecule has 0 saturated heterocycles. The molecule has 0 bridgehead atoms. The summed E-state index contributed by atoms with van der Waals surface area (Å²) in [6.07, 6.45) is 0. The molecule has 0 fully saturated rings. The summed E-state index contributed by atoms with van der Waals surface area (Å²) in [4.78, 5) is 24.9. The van der Waals surface area contributed by atoms with Crippen molar-refractivity contribution in [3.05, 3.63) is 53.6 Å². The van der Waals surface area contributed by atoms with Crippen molar-refractivity contribution in [3.8, 4) is 0 Å². The van der Waals surface area contributed by atoms with E-state index in [0.29, 0.717) is 5.69 Å². The molecule has 0 aliphatic carbocycles. The van der Waals surface area contributed by atoms with E-state index < -0.39 is 0 Å². The molecule has 0 heterocycles. The molecule has 2 N–H and O–H groups in total. The van der Waals surface area contributed by atoms with Crippen LogP contribution in [0.4, 0.5) is 17.1 Å². The summed E-state index contributed by atoms with van der Waals surface area (Å²) < 4.78 is 0. The molecule has 5 heteroatoms. The van der Waals surface area contributed by atoms with E-state index in [1.54, 1.807) is 36.2 Å². The Morgan fingerprint density at radius 2 is 1.71 bits per heavy atom. The van der Waals surface area contributed by atoms with Gasteiger partial charge < -0.3 is 15.5 Å². The van der Waals surface area contributed by atoms with Crippen molar-refractivity contribution in [3.63, 3.8) is 0 Å². The van der Waals surface area contributed by atoms with E-state index in [0.717, 1.165) is 16.9 Å². The second kappa shape index (κ2) is 7.64. The third-order valence-electron chi connectivity index (χ3n) is 3.83. The van der Waals surface area contributed by atoms with Gasteiger partial charge in [0.05, 0.1) is 6.54 Å². The fourth-order valence-corrected chi connectivity index (χ4v) is 2.34. The number of amides is 2. The van der Waals surface area contributed by atoms with Crippen LogP contribution in [-0.2, 0) is 9.59 Å². The Hall–Kier alpha value is -2.82. The number of nitrogens with zero attached hydrogens (tertiary/aromatic N) is 1. The third-order valence-corrected chi connectivity index (χ3v) is 3.83. The van der Waals surface area contributed by atoms with Crippen LogP contribution in [0.15, 0.2) is 42.5 Å². The van der Waals surface area contributed by atoms with E-state index in [9.17, 15) is 9.59 Å². The molecule has 0 aromatic heterocycles. The van der Waals surface area contributed by atoms with Gasteiger partial charge in [-0.05, 0) is 49.7 Å². The summed E-state index contributed by atoms with van der Waals surface area (Å²) in [5.74, 6) is -0.160. The minimum absolute atomic E-state index is 0.0375. The Morgan fingerprint density at radius 3 is 2.29 bits per heavy atom. The van der Waals surface area contributed by atoms with Crippen LogP contribution in [0.3, 0.4) is 0 Å². The summed E-state index contributed by atoms with van der Waals surface area (Å²) in [7, 11) is 1.71. The number of anilines is 3. The molecule has 2 aromatic carbocycles. The van der Waals surface area contributed by atoms with Crippen molar-refractivity contribution < 1.29 is 9.59 Å². The Labute approximate surface area is 142 Å². The van der Waals surface area contributed by atoms with E-state index in [-0.39, 0.29) is 18.4 Å². The summed E-state index contributed by atoms with van der Waals surface area (Å²) in [6.45, 7) is 5.75. The maximum Gasteiger partial charge on any atom is 0.243 e. The molecule has 2 amide bonds. The van der Waals surface area contributed by atoms with Crippen molar-refractivity contribution in [2.45, 2.75) is 20.8 Å². The summed E-state index contributed by atoms with van der Waals surface area (Å²) >= 11 is 0. The van der Waals surface area contributed by atoms with Gasteiger partial charge in [-0.25, -0.2) is 0 Å². The van der Waals surface area contributed by atoms with Crippen LogP contribution in [-0.4, -0.2) is 25.4 Å². The molecule has 0 saturated carbocycles. The SMILES string of the molecule is CC(=O)N(C)c1ccc(NC(=O)CNc2ccc(C)cc2C)cc1. The number of hydrogen-bond donors (Lipinski definition) is 2. The molecule has 5 nitrogen and oxygen atoms in total. The Bertz CT molecular complexity index is 739. The first-order chi connectivity index (χ1) is 11.4. The fraction of sp³-hybridized carbons (Fsp3) is 0.263. The molecular formula is C19H23N3O2. The van der Waals surface area contributed by atoms with Crippen LogP contribution in [0.1, 0.15) is 18.1 Å². The molecule has 0 aliphatic heterocycles. The van der Waals surface area contributed by atoms with Gasteiger partial charge in [0.1, 0.15) is 0 Å². The van der Waals surface area contributed by atoms with Gasteiger partial charge >= 0.3 is 0 Å². The maximum absolute atomic E-state index is 12.1. The number of aryl methyl sites for hydroxylation is 2. The van der Waals surface area contributed by atoms with E-state index in [2.05, 4.69) is 16.7 Å². The predicted octanol–water partition coefficient (Wildman–Crippen LogP) is 3.34. The van der Waals surface area contributed by atoms with Gasteiger partial charge in [0, 0.05) is 31.0 Å². The summed E-state index contributed by atoms with van der Waals surface area (Å²) in [6, 6.07) is 13.2. The molecule has 0 unspecified atom stereocenters. The Kier molecular flexibility index (Phi) is 5.58. The van der Waals surface area contributed by atoms with Crippen LogP contribution in [0.25, 0.3) is 0 Å². The standard InChI is InChI=1S/C19H23N3O2/c1-13-5-10-18(14(2)11-13)20-12-19(24)21-16-6-8-17(9-7-16)22(4)15(3)23/h5-11,20H,12H2,1-4H3,(H,21,24). The highest BCUT2D eigenvalue weighted by atomic mass is 16.2. The van der Waals surface area contributed by atoms with Gasteiger partial charge in [-0.3, -0.25) is 9.59 Å². The minimum atomic E-state index is -0.123. The number of rotatable bonds is 5. The number of carbonyl (C=O) groups is 2. The second-order valence-electron chi connectivity index (χ2n) is 5.85. The topological polar surface area (TPSA) is 61.4 Å². The second-order valence-corrected chi connectivity index (χ2v) is 5.85. The predicted molar refractivity (Wildman–Crippen MR) is 98.6 cm³/mol. The van der Waals surface area contributed by atoms with Crippen molar-refractivity contribution in [1.82, 2.24) is 0 Å². The Balaban J connectivity index is 1.91. The zero-order valence-corrected chi connectivity index (χ0v) is 14.5. The number of carbonyl (C=O) groups excluding carboxylic acids is 2. The van der Waals surface area contributed by atoms with Crippen LogP contribution >= 0.6 is 0 Å². The number of hydrogen-bond acceptors (Lipinski definition) is 3. The highest BCUT2D eigenvalue weighted by Crippen LogP contribution is 2.18. The van der Waals surface area contributed by atoms with Crippen LogP contribution in [0.2, 0.25) is 0 Å². The van der Waals surface area contributed by atoms with E-state index in [4.69, 9.17) is 0 Å². The van der Waals surface area contributed by atoms with Gasteiger partial charge in [-0.15, -0.1) is 0 Å². The van der Waals surface area contributed by atoms with Crippen molar-refractivity contribution in [1.29, 1.82) is 0 Å². The first kappa shape index (κ1) is 17.5. The lowest BCUT2D eigenvalue weighted by molar-refractivity contribution is -0.116. The maximum atomic E-state index is 12.1. The van der Waals surface area contributed by atoms with Gasteiger partial charge in [-0.1, -0.05) is 17.7 Å². The highest BCUT2D eigenvalue weighted by molar-refractivity contribution is 5.95. The number of benzene rings is 2. The number of nitrogens with one attached hydrogen (secondary N) is 2. The average Bonchev–Trinajstić information content (AvgIpc) is 2.54. The van der Waals surface area contributed by atoms with Crippen LogP contribution < -0.4 is 15.5 Å². The minimum Gasteiger partial charge on any atom is -0.376 e. The third kappa shape index (κ3) is 4.59. The summed E-state index contributed by atoms with van der Waals surface area (Å²) in [5, 5.41) is 5.97. The molecule has 2 rings (SSSR count). The lowest BCUT2D eigenvalue weighted by atomic mass is 10.1. The van der Waals surface area contributed by atoms with E-state index in [1.165, 1.54) is 12.5 Å². The molecule has 0 spiro atoms. The van der Waals surface area contributed by atoms with Crippen LogP contribution in [0.5, 0.6) is 0 Å². The molecule has 126 valence electrons. The van der Waals surface area contributed by atoms with Gasteiger partial charge in [-0.2, -0.15) is 0 Å². The van der Waals surface area contributed by atoms with Gasteiger partial charge in [0.25, 0.3) is 0 Å². The van der Waals surface area contributed by atoms with Gasteiger partial charge in [0.15, 0.2) is 0 Å². The quantitative estimate of drug-likeness (QED) is 0.886. The lowest BCUT2D eigenvalue weighted by Crippen LogP contribution is -2.23. The molecule has 2 aromatic rings. The van der Waals surface area contributed by atoms with Crippen molar-refractivity contribution in [2.75, 3.05) is 29.1 Å². The first-order valence-electron chi connectivity index (χ1n) is 7.82.